The van der Waals surface area contributed by atoms with Crippen LogP contribution in [-0.2, 0) is 15.6 Å². The Kier molecular flexibility index (Phi) is 5.96. The minimum Gasteiger partial charge on any atom is -0.320 e. The molecule has 2 heterocycles. The fourth-order valence-electron chi connectivity index (χ4n) is 2.59. The number of hydrogen-bond donors (Lipinski definition) is 1. The highest BCUT2D eigenvalue weighted by atomic mass is 32.2. The summed E-state index contributed by atoms with van der Waals surface area (Å²) in [5.74, 6) is 1.36. The van der Waals surface area contributed by atoms with Crippen LogP contribution in [0.15, 0.2) is 12.1 Å². The van der Waals surface area contributed by atoms with Gasteiger partial charge in [-0.15, -0.1) is 11.3 Å². The van der Waals surface area contributed by atoms with E-state index in [0.29, 0.717) is 18.1 Å². The minimum atomic E-state index is -0.837. The lowest BCUT2D eigenvalue weighted by atomic mass is 10.2. The van der Waals surface area contributed by atoms with Crippen molar-refractivity contribution in [1.29, 1.82) is 0 Å². The van der Waals surface area contributed by atoms with Crippen LogP contribution >= 0.6 is 11.3 Å². The summed E-state index contributed by atoms with van der Waals surface area (Å²) < 4.78 is 11.7. The number of thiophene rings is 1. The van der Waals surface area contributed by atoms with Crippen molar-refractivity contribution in [3.8, 4) is 0 Å². The summed E-state index contributed by atoms with van der Waals surface area (Å²) in [6.07, 6.45) is 1.78. The first-order valence-corrected chi connectivity index (χ1v) is 9.85. The smallest absolute Gasteiger partial charge is 0.241 e. The first-order chi connectivity index (χ1) is 10.1. The number of carbonyl (C=O) groups excluding carboxylic acids is 1. The van der Waals surface area contributed by atoms with E-state index in [0.717, 1.165) is 12.8 Å². The van der Waals surface area contributed by atoms with Crippen LogP contribution in [-0.4, -0.2) is 39.1 Å². The van der Waals surface area contributed by atoms with Crippen LogP contribution in [0.25, 0.3) is 0 Å². The third-order valence-electron chi connectivity index (χ3n) is 3.74. The van der Waals surface area contributed by atoms with E-state index < -0.39 is 10.8 Å². The van der Waals surface area contributed by atoms with Crippen LogP contribution in [0.4, 0.5) is 0 Å². The van der Waals surface area contributed by atoms with Crippen molar-refractivity contribution >= 4 is 28.0 Å². The first kappa shape index (κ1) is 16.6. The molecule has 1 N–H and O–H groups in total. The number of nitrogens with zero attached hydrogens (tertiary/aromatic N) is 1. The van der Waals surface area contributed by atoms with Gasteiger partial charge in [-0.2, -0.15) is 0 Å². The largest absolute Gasteiger partial charge is 0.320 e. The Balaban J connectivity index is 2.14. The van der Waals surface area contributed by atoms with E-state index in [1.54, 1.807) is 11.3 Å². The molecule has 118 valence electrons. The van der Waals surface area contributed by atoms with Gasteiger partial charge in [0.05, 0.1) is 6.04 Å². The molecule has 0 bridgehead atoms. The summed E-state index contributed by atoms with van der Waals surface area (Å²) in [4.78, 5) is 16.8. The Hall–Kier alpha value is -0.720. The molecule has 1 aliphatic heterocycles. The fourth-order valence-corrected chi connectivity index (χ4v) is 4.23. The average molecular weight is 329 g/mol. The number of hydrogen-bond acceptors (Lipinski definition) is 4. The third kappa shape index (κ3) is 3.93. The lowest BCUT2D eigenvalue weighted by molar-refractivity contribution is -0.129. The SMILES string of the molecule is CCCC1NC(c2ccc(C)s2)N(CCS(=O)CC)C1=O. The van der Waals surface area contributed by atoms with Gasteiger partial charge >= 0.3 is 0 Å². The molecule has 1 aliphatic rings. The van der Waals surface area contributed by atoms with Gasteiger partial charge in [-0.3, -0.25) is 14.3 Å². The van der Waals surface area contributed by atoms with Gasteiger partial charge in [0, 0.05) is 38.6 Å². The Morgan fingerprint density at radius 3 is 2.71 bits per heavy atom. The lowest BCUT2D eigenvalue weighted by Crippen LogP contribution is -2.34. The molecule has 6 heteroatoms. The highest BCUT2D eigenvalue weighted by molar-refractivity contribution is 7.84. The molecule has 3 unspecified atom stereocenters. The molecule has 1 aromatic rings. The second-order valence-electron chi connectivity index (χ2n) is 5.32. The lowest BCUT2D eigenvalue weighted by Gasteiger charge is -2.23. The molecule has 3 atom stereocenters. The second-order valence-corrected chi connectivity index (χ2v) is 8.51. The average Bonchev–Trinajstić information content (AvgIpc) is 3.02. The monoisotopic (exact) mass is 328 g/mol. The quantitative estimate of drug-likeness (QED) is 0.836. The molecule has 2 rings (SSSR count). The molecule has 0 aliphatic carbocycles. The standard InChI is InChI=1S/C15H24N2O2S2/c1-4-6-12-15(18)17(9-10-21(19)5-2)14(16-12)13-8-7-11(3)20-13/h7-8,12,14,16H,4-6,9-10H2,1-3H3. The number of aryl methyl sites for hydroxylation is 1. The first-order valence-electron chi connectivity index (χ1n) is 7.54. The molecule has 0 radical (unpaired) electrons. The highest BCUT2D eigenvalue weighted by Crippen LogP contribution is 2.31. The number of rotatable bonds is 7. The van der Waals surface area contributed by atoms with E-state index in [4.69, 9.17) is 0 Å². The molecule has 1 fully saturated rings. The van der Waals surface area contributed by atoms with Crippen molar-refractivity contribution in [2.45, 2.75) is 45.8 Å². The number of carbonyl (C=O) groups is 1. The van der Waals surface area contributed by atoms with Gasteiger partial charge in [-0.1, -0.05) is 20.3 Å². The van der Waals surface area contributed by atoms with E-state index in [2.05, 4.69) is 31.3 Å². The van der Waals surface area contributed by atoms with Gasteiger partial charge in [0.2, 0.25) is 5.91 Å². The Morgan fingerprint density at radius 1 is 1.38 bits per heavy atom. The Labute approximate surface area is 133 Å². The molecule has 0 saturated carbocycles. The summed E-state index contributed by atoms with van der Waals surface area (Å²) in [5.41, 5.74) is 0. The van der Waals surface area contributed by atoms with E-state index in [1.807, 2.05) is 11.8 Å². The van der Waals surface area contributed by atoms with Crippen molar-refractivity contribution in [2.24, 2.45) is 0 Å². The van der Waals surface area contributed by atoms with E-state index in [9.17, 15) is 9.00 Å². The summed E-state index contributed by atoms with van der Waals surface area (Å²) in [6.45, 7) is 6.65. The van der Waals surface area contributed by atoms with Crippen molar-refractivity contribution < 1.29 is 9.00 Å². The Morgan fingerprint density at radius 2 is 2.14 bits per heavy atom. The molecule has 4 nitrogen and oxygen atoms in total. The molecular weight excluding hydrogens is 304 g/mol. The summed E-state index contributed by atoms with van der Waals surface area (Å²) in [7, 11) is -0.837. The van der Waals surface area contributed by atoms with Crippen LogP contribution in [0.5, 0.6) is 0 Å². The summed E-state index contributed by atoms with van der Waals surface area (Å²) in [6, 6.07) is 4.07. The van der Waals surface area contributed by atoms with Crippen LogP contribution in [0.1, 0.15) is 42.6 Å². The number of nitrogens with one attached hydrogen (secondary N) is 1. The van der Waals surface area contributed by atoms with Crippen LogP contribution in [0.3, 0.4) is 0 Å². The van der Waals surface area contributed by atoms with Gasteiger partial charge in [-0.05, 0) is 25.5 Å². The van der Waals surface area contributed by atoms with Gasteiger partial charge < -0.3 is 4.90 Å². The predicted octanol–water partition coefficient (Wildman–Crippen LogP) is 2.42. The highest BCUT2D eigenvalue weighted by Gasteiger charge is 2.39. The van der Waals surface area contributed by atoms with Crippen LogP contribution < -0.4 is 5.32 Å². The number of amides is 1. The normalized spacial score (nSPS) is 23.8. The van der Waals surface area contributed by atoms with E-state index in [1.165, 1.54) is 9.75 Å². The second kappa shape index (κ2) is 7.51. The van der Waals surface area contributed by atoms with Crippen molar-refractivity contribution in [2.75, 3.05) is 18.1 Å². The maximum Gasteiger partial charge on any atom is 0.241 e. The minimum absolute atomic E-state index is 0.0541. The van der Waals surface area contributed by atoms with Gasteiger partial charge in [0.15, 0.2) is 0 Å². The molecule has 1 saturated heterocycles. The zero-order chi connectivity index (χ0) is 15.4. The Bertz CT molecular complexity index is 516. The van der Waals surface area contributed by atoms with Crippen LogP contribution in [0.2, 0.25) is 0 Å². The fraction of sp³-hybridized carbons (Fsp3) is 0.667. The maximum absolute atomic E-state index is 12.6. The zero-order valence-corrected chi connectivity index (χ0v) is 14.6. The van der Waals surface area contributed by atoms with E-state index in [-0.39, 0.29) is 18.1 Å². The summed E-state index contributed by atoms with van der Waals surface area (Å²) >= 11 is 1.72. The van der Waals surface area contributed by atoms with Crippen molar-refractivity contribution in [3.63, 3.8) is 0 Å². The molecule has 21 heavy (non-hydrogen) atoms. The molecule has 1 amide bonds. The maximum atomic E-state index is 12.6. The van der Waals surface area contributed by atoms with Crippen molar-refractivity contribution in [1.82, 2.24) is 10.2 Å². The molecule has 1 aromatic heterocycles. The molecular formula is C15H24N2O2S2. The summed E-state index contributed by atoms with van der Waals surface area (Å²) in [5, 5.41) is 3.45. The van der Waals surface area contributed by atoms with E-state index >= 15 is 0 Å². The van der Waals surface area contributed by atoms with Gasteiger partial charge in [-0.25, -0.2) is 0 Å². The van der Waals surface area contributed by atoms with Crippen LogP contribution in [0, 0.1) is 6.92 Å². The van der Waals surface area contributed by atoms with Gasteiger partial charge in [0.1, 0.15) is 6.17 Å². The van der Waals surface area contributed by atoms with Crippen molar-refractivity contribution in [3.05, 3.63) is 21.9 Å². The van der Waals surface area contributed by atoms with Gasteiger partial charge in [0.25, 0.3) is 0 Å². The topological polar surface area (TPSA) is 49.4 Å². The molecule has 0 spiro atoms. The molecule has 0 aromatic carbocycles. The zero-order valence-electron chi connectivity index (χ0n) is 12.9. The third-order valence-corrected chi connectivity index (χ3v) is 6.08. The predicted molar refractivity (Wildman–Crippen MR) is 88.9 cm³/mol.